The Morgan fingerprint density at radius 1 is 1.35 bits per heavy atom. The molecular weight excluding hydrogens is 236 g/mol. The molecule has 1 aromatic rings. The lowest BCUT2D eigenvalue weighted by Crippen LogP contribution is -2.34. The van der Waals surface area contributed by atoms with E-state index >= 15 is 0 Å². The van der Waals surface area contributed by atoms with Gasteiger partial charge in [-0.25, -0.2) is 8.42 Å². The van der Waals surface area contributed by atoms with Gasteiger partial charge in [0.1, 0.15) is 6.04 Å². The van der Waals surface area contributed by atoms with Crippen LogP contribution in [0.15, 0.2) is 30.3 Å². The normalized spacial score (nSPS) is 12.9. The van der Waals surface area contributed by atoms with Gasteiger partial charge >= 0.3 is 0 Å². The van der Waals surface area contributed by atoms with Crippen molar-refractivity contribution in [2.24, 2.45) is 0 Å². The largest absolute Gasteiger partial charge is 0.216 e. The Kier molecular flexibility index (Phi) is 5.13. The van der Waals surface area contributed by atoms with Gasteiger partial charge in [0, 0.05) is 0 Å². The fourth-order valence-corrected chi connectivity index (χ4v) is 2.81. The molecule has 0 bridgehead atoms. The van der Waals surface area contributed by atoms with Gasteiger partial charge in [-0.05, 0) is 12.0 Å². The lowest BCUT2D eigenvalue weighted by atomic mass is 10.2. The van der Waals surface area contributed by atoms with Crippen molar-refractivity contribution in [2.45, 2.75) is 31.6 Å². The molecule has 5 heteroatoms. The molecule has 0 amide bonds. The van der Waals surface area contributed by atoms with Crippen LogP contribution in [0, 0.1) is 11.3 Å². The van der Waals surface area contributed by atoms with Crippen molar-refractivity contribution in [3.8, 4) is 6.07 Å². The molecule has 0 aliphatic heterocycles. The molecule has 0 spiro atoms. The van der Waals surface area contributed by atoms with E-state index in [2.05, 4.69) is 4.72 Å². The number of hydrogen-bond acceptors (Lipinski definition) is 3. The van der Waals surface area contributed by atoms with E-state index in [1.54, 1.807) is 24.3 Å². The van der Waals surface area contributed by atoms with Gasteiger partial charge in [0.15, 0.2) is 0 Å². The highest BCUT2D eigenvalue weighted by Gasteiger charge is 2.17. The van der Waals surface area contributed by atoms with Crippen LogP contribution < -0.4 is 4.72 Å². The van der Waals surface area contributed by atoms with Crippen LogP contribution >= 0.6 is 0 Å². The standard InChI is InChI=1S/C12H16N2O2S/c1-2-6-12(9-13)14-17(15,16)10-11-7-4-3-5-8-11/h3-5,7-8,12,14H,2,6,10H2,1H3. The van der Waals surface area contributed by atoms with Gasteiger partial charge in [-0.15, -0.1) is 0 Å². The highest BCUT2D eigenvalue weighted by atomic mass is 32.2. The first-order chi connectivity index (χ1) is 8.07. The van der Waals surface area contributed by atoms with E-state index in [-0.39, 0.29) is 5.75 Å². The minimum Gasteiger partial charge on any atom is -0.212 e. The first kappa shape index (κ1) is 13.7. The predicted octanol–water partition coefficient (Wildman–Crippen LogP) is 1.80. The van der Waals surface area contributed by atoms with Crippen LogP contribution in [0.5, 0.6) is 0 Å². The van der Waals surface area contributed by atoms with Crippen LogP contribution in [0.2, 0.25) is 0 Å². The Balaban J connectivity index is 2.67. The third-order valence-corrected chi connectivity index (χ3v) is 3.61. The summed E-state index contributed by atoms with van der Waals surface area (Å²) < 4.78 is 26.0. The maximum absolute atomic E-state index is 11.8. The first-order valence-corrected chi connectivity index (χ1v) is 7.16. The van der Waals surface area contributed by atoms with Crippen LogP contribution in [-0.4, -0.2) is 14.5 Å². The number of nitriles is 1. The molecule has 4 nitrogen and oxygen atoms in total. The molecular formula is C12H16N2O2S. The van der Waals surface area contributed by atoms with Crippen LogP contribution in [0.25, 0.3) is 0 Å². The van der Waals surface area contributed by atoms with E-state index in [1.165, 1.54) is 0 Å². The Labute approximate surface area is 102 Å². The topological polar surface area (TPSA) is 70.0 Å². The van der Waals surface area contributed by atoms with Crippen molar-refractivity contribution in [1.82, 2.24) is 4.72 Å². The molecule has 1 atom stereocenters. The molecule has 0 saturated heterocycles. The summed E-state index contributed by atoms with van der Waals surface area (Å²) in [6.45, 7) is 1.91. The molecule has 0 aromatic heterocycles. The van der Waals surface area contributed by atoms with Crippen molar-refractivity contribution in [1.29, 1.82) is 5.26 Å². The minimum atomic E-state index is -3.44. The summed E-state index contributed by atoms with van der Waals surface area (Å²) in [4.78, 5) is 0. The summed E-state index contributed by atoms with van der Waals surface area (Å²) in [6, 6.07) is 10.2. The zero-order valence-corrected chi connectivity index (χ0v) is 10.6. The molecule has 0 aliphatic carbocycles. The van der Waals surface area contributed by atoms with Crippen molar-refractivity contribution < 1.29 is 8.42 Å². The molecule has 1 aromatic carbocycles. The van der Waals surface area contributed by atoms with E-state index in [4.69, 9.17) is 5.26 Å². The molecule has 0 saturated carbocycles. The molecule has 92 valence electrons. The van der Waals surface area contributed by atoms with Crippen LogP contribution in [-0.2, 0) is 15.8 Å². The summed E-state index contributed by atoms with van der Waals surface area (Å²) in [5.74, 6) is -0.0876. The Morgan fingerprint density at radius 3 is 2.53 bits per heavy atom. The fraction of sp³-hybridized carbons (Fsp3) is 0.417. The number of benzene rings is 1. The van der Waals surface area contributed by atoms with Gasteiger partial charge in [0.2, 0.25) is 10.0 Å². The lowest BCUT2D eigenvalue weighted by molar-refractivity contribution is 0.562. The minimum absolute atomic E-state index is 0.0876. The third kappa shape index (κ3) is 4.98. The van der Waals surface area contributed by atoms with Crippen LogP contribution in [0.3, 0.4) is 0 Å². The summed E-state index contributed by atoms with van der Waals surface area (Å²) in [7, 11) is -3.44. The van der Waals surface area contributed by atoms with E-state index in [9.17, 15) is 8.42 Å². The van der Waals surface area contributed by atoms with Gasteiger partial charge in [0.25, 0.3) is 0 Å². The Morgan fingerprint density at radius 2 is 2.00 bits per heavy atom. The average Bonchev–Trinajstić information content (AvgIpc) is 2.29. The highest BCUT2D eigenvalue weighted by molar-refractivity contribution is 7.88. The maximum Gasteiger partial charge on any atom is 0.216 e. The SMILES string of the molecule is CCCC(C#N)NS(=O)(=O)Cc1ccccc1. The van der Waals surface area contributed by atoms with Crippen LogP contribution in [0.1, 0.15) is 25.3 Å². The number of rotatable bonds is 6. The molecule has 17 heavy (non-hydrogen) atoms. The second kappa shape index (κ2) is 6.38. The van der Waals surface area contributed by atoms with Crippen molar-refractivity contribution in [3.63, 3.8) is 0 Å². The summed E-state index contributed by atoms with van der Waals surface area (Å²) >= 11 is 0. The van der Waals surface area contributed by atoms with Crippen molar-refractivity contribution >= 4 is 10.0 Å². The quantitative estimate of drug-likeness (QED) is 0.839. The number of nitrogens with one attached hydrogen (secondary N) is 1. The van der Waals surface area contributed by atoms with E-state index in [0.717, 1.165) is 6.42 Å². The molecule has 0 radical (unpaired) electrons. The van der Waals surface area contributed by atoms with Gasteiger partial charge in [-0.2, -0.15) is 9.98 Å². The zero-order chi connectivity index (χ0) is 12.7. The Bertz CT molecular complexity index is 477. The second-order valence-electron chi connectivity index (χ2n) is 3.83. The van der Waals surface area contributed by atoms with Gasteiger partial charge < -0.3 is 0 Å². The number of sulfonamides is 1. The molecule has 1 unspecified atom stereocenters. The van der Waals surface area contributed by atoms with Crippen molar-refractivity contribution in [3.05, 3.63) is 35.9 Å². The number of nitrogens with zero attached hydrogens (tertiary/aromatic N) is 1. The molecule has 1 rings (SSSR count). The van der Waals surface area contributed by atoms with Crippen LogP contribution in [0.4, 0.5) is 0 Å². The molecule has 0 aliphatic rings. The second-order valence-corrected chi connectivity index (χ2v) is 5.59. The highest BCUT2D eigenvalue weighted by Crippen LogP contribution is 2.06. The monoisotopic (exact) mass is 252 g/mol. The molecule has 0 heterocycles. The fourth-order valence-electron chi connectivity index (χ4n) is 1.49. The van der Waals surface area contributed by atoms with Crippen molar-refractivity contribution in [2.75, 3.05) is 0 Å². The molecule has 1 N–H and O–H groups in total. The predicted molar refractivity (Wildman–Crippen MR) is 66.5 cm³/mol. The third-order valence-electron chi connectivity index (χ3n) is 2.25. The van der Waals surface area contributed by atoms with Gasteiger partial charge in [0.05, 0.1) is 11.8 Å². The lowest BCUT2D eigenvalue weighted by Gasteiger charge is -2.11. The van der Waals surface area contributed by atoms with E-state index in [0.29, 0.717) is 12.0 Å². The summed E-state index contributed by atoms with van der Waals surface area (Å²) in [5, 5.41) is 8.81. The van der Waals surface area contributed by atoms with Gasteiger partial charge in [-0.1, -0.05) is 43.7 Å². The van der Waals surface area contributed by atoms with E-state index < -0.39 is 16.1 Å². The Hall–Kier alpha value is -1.38. The first-order valence-electron chi connectivity index (χ1n) is 5.51. The van der Waals surface area contributed by atoms with Gasteiger partial charge in [-0.3, -0.25) is 0 Å². The molecule has 0 fully saturated rings. The number of hydrogen-bond donors (Lipinski definition) is 1. The maximum atomic E-state index is 11.8. The summed E-state index contributed by atoms with van der Waals surface area (Å²) in [5.41, 5.74) is 0.716. The average molecular weight is 252 g/mol. The van der Waals surface area contributed by atoms with E-state index in [1.807, 2.05) is 19.1 Å². The smallest absolute Gasteiger partial charge is 0.212 e. The summed E-state index contributed by atoms with van der Waals surface area (Å²) in [6.07, 6.45) is 1.30. The zero-order valence-electron chi connectivity index (χ0n) is 9.76.